The van der Waals surface area contributed by atoms with Crippen molar-refractivity contribution in [3.8, 4) is 0 Å². The fourth-order valence-corrected chi connectivity index (χ4v) is 2.76. The minimum absolute atomic E-state index is 0.180. The summed E-state index contributed by atoms with van der Waals surface area (Å²) in [6, 6.07) is 6.39. The number of amides is 1. The summed E-state index contributed by atoms with van der Waals surface area (Å²) in [5.74, 6) is 0.0388. The van der Waals surface area contributed by atoms with Gasteiger partial charge in [-0.3, -0.25) is 9.69 Å². The first-order valence-corrected chi connectivity index (χ1v) is 9.09. The van der Waals surface area contributed by atoms with E-state index in [0.29, 0.717) is 24.6 Å². The van der Waals surface area contributed by atoms with Gasteiger partial charge in [-0.2, -0.15) is 0 Å². The van der Waals surface area contributed by atoms with Crippen molar-refractivity contribution in [2.45, 2.75) is 6.42 Å². The molecule has 2 aromatic rings. The number of ether oxygens (including phenoxy) is 1. The van der Waals surface area contributed by atoms with Crippen LogP contribution < -0.4 is 10.6 Å². The molecule has 0 spiro atoms. The minimum Gasteiger partial charge on any atom is -0.379 e. The lowest BCUT2D eigenvalue weighted by Crippen LogP contribution is -2.41. The number of anilines is 1. The summed E-state index contributed by atoms with van der Waals surface area (Å²) in [5, 5.41) is 5.98. The zero-order valence-corrected chi connectivity index (χ0v) is 15.2. The summed E-state index contributed by atoms with van der Waals surface area (Å²) >= 11 is 0. The van der Waals surface area contributed by atoms with Gasteiger partial charge in [0.15, 0.2) is 0 Å². The quantitative estimate of drug-likeness (QED) is 0.727. The van der Waals surface area contributed by atoms with Gasteiger partial charge >= 0.3 is 0 Å². The van der Waals surface area contributed by atoms with Crippen molar-refractivity contribution < 1.29 is 13.9 Å². The van der Waals surface area contributed by atoms with Crippen molar-refractivity contribution in [3.63, 3.8) is 0 Å². The van der Waals surface area contributed by atoms with E-state index in [4.69, 9.17) is 4.74 Å². The van der Waals surface area contributed by atoms with Gasteiger partial charge in [0.1, 0.15) is 5.82 Å². The molecule has 0 atom stereocenters. The van der Waals surface area contributed by atoms with Gasteiger partial charge in [-0.1, -0.05) is 12.1 Å². The van der Waals surface area contributed by atoms with Crippen LogP contribution in [-0.4, -0.2) is 66.7 Å². The summed E-state index contributed by atoms with van der Waals surface area (Å²) in [4.78, 5) is 22.7. The molecular formula is C19H24FN5O2. The Balaban J connectivity index is 1.38. The van der Waals surface area contributed by atoms with Crippen LogP contribution in [0.2, 0.25) is 0 Å². The van der Waals surface area contributed by atoms with E-state index in [2.05, 4.69) is 25.5 Å². The summed E-state index contributed by atoms with van der Waals surface area (Å²) in [6.45, 7) is 5.30. The molecule has 1 aliphatic rings. The number of carbonyl (C=O) groups excluding carboxylic acids is 1. The Bertz CT molecular complexity index is 718. The van der Waals surface area contributed by atoms with Crippen LogP contribution in [0.1, 0.15) is 15.9 Å². The number of carbonyl (C=O) groups is 1. The molecule has 1 aromatic heterocycles. The highest BCUT2D eigenvalue weighted by atomic mass is 19.1. The molecule has 0 aliphatic carbocycles. The Morgan fingerprint density at radius 1 is 1.11 bits per heavy atom. The van der Waals surface area contributed by atoms with Crippen molar-refractivity contribution in [1.82, 2.24) is 20.2 Å². The Morgan fingerprint density at radius 2 is 1.81 bits per heavy atom. The van der Waals surface area contributed by atoms with Crippen LogP contribution in [0.5, 0.6) is 0 Å². The third kappa shape index (κ3) is 6.26. The Kier molecular flexibility index (Phi) is 7.06. The van der Waals surface area contributed by atoms with Crippen molar-refractivity contribution in [2.75, 3.05) is 51.3 Å². The second-order valence-electron chi connectivity index (χ2n) is 6.31. The molecule has 0 radical (unpaired) electrons. The normalized spacial score (nSPS) is 14.7. The second-order valence-corrected chi connectivity index (χ2v) is 6.31. The first-order chi connectivity index (χ1) is 13.2. The zero-order valence-electron chi connectivity index (χ0n) is 15.2. The number of halogens is 1. The van der Waals surface area contributed by atoms with Crippen LogP contribution in [0.25, 0.3) is 0 Å². The first-order valence-electron chi connectivity index (χ1n) is 9.09. The molecule has 144 valence electrons. The molecule has 8 heteroatoms. The van der Waals surface area contributed by atoms with Gasteiger partial charge < -0.3 is 15.4 Å². The number of aromatic nitrogens is 2. The molecule has 7 nitrogen and oxygen atoms in total. The second kappa shape index (κ2) is 9.94. The maximum atomic E-state index is 12.9. The van der Waals surface area contributed by atoms with Gasteiger partial charge in [0.25, 0.3) is 5.91 Å². The van der Waals surface area contributed by atoms with E-state index in [9.17, 15) is 9.18 Å². The van der Waals surface area contributed by atoms with Gasteiger partial charge in [0.05, 0.1) is 18.8 Å². The lowest BCUT2D eigenvalue weighted by atomic mass is 10.1. The van der Waals surface area contributed by atoms with Gasteiger partial charge in [-0.25, -0.2) is 14.4 Å². The van der Waals surface area contributed by atoms with Gasteiger partial charge in [0.2, 0.25) is 5.95 Å². The van der Waals surface area contributed by atoms with Gasteiger partial charge in [0, 0.05) is 45.1 Å². The highest BCUT2D eigenvalue weighted by molar-refractivity contribution is 5.93. The van der Waals surface area contributed by atoms with Crippen LogP contribution >= 0.6 is 0 Å². The smallest absolute Gasteiger partial charge is 0.254 e. The number of hydrogen-bond acceptors (Lipinski definition) is 6. The molecule has 2 N–H and O–H groups in total. The molecule has 1 saturated heterocycles. The lowest BCUT2D eigenvalue weighted by Gasteiger charge is -2.26. The summed E-state index contributed by atoms with van der Waals surface area (Å²) < 4.78 is 18.2. The molecule has 0 bridgehead atoms. The first kappa shape index (κ1) is 19.2. The van der Waals surface area contributed by atoms with E-state index < -0.39 is 0 Å². The van der Waals surface area contributed by atoms with Crippen LogP contribution in [0.3, 0.4) is 0 Å². The van der Waals surface area contributed by atoms with Crippen molar-refractivity contribution in [2.24, 2.45) is 0 Å². The minimum atomic E-state index is -0.242. The Morgan fingerprint density at radius 3 is 2.52 bits per heavy atom. The van der Waals surface area contributed by atoms with Gasteiger partial charge in [-0.05, 0) is 24.1 Å². The predicted octanol–water partition coefficient (Wildman–Crippen LogP) is 1.33. The van der Waals surface area contributed by atoms with Crippen molar-refractivity contribution in [3.05, 3.63) is 53.6 Å². The van der Waals surface area contributed by atoms with Gasteiger partial charge in [-0.15, -0.1) is 0 Å². The number of morpholine rings is 1. The Hall–Kier alpha value is -2.58. The van der Waals surface area contributed by atoms with Crippen LogP contribution in [-0.2, 0) is 11.2 Å². The third-order valence-corrected chi connectivity index (χ3v) is 4.34. The monoisotopic (exact) mass is 373 g/mol. The molecule has 1 aliphatic heterocycles. The molecule has 0 unspecified atom stereocenters. The SMILES string of the molecule is O=C(NCCN1CCOCC1)c1cnc(NCCc2ccc(F)cc2)nc1. The average molecular weight is 373 g/mol. The number of nitrogens with one attached hydrogen (secondary N) is 2. The molecule has 27 heavy (non-hydrogen) atoms. The highest BCUT2D eigenvalue weighted by Crippen LogP contribution is 2.05. The molecule has 1 amide bonds. The molecule has 2 heterocycles. The number of hydrogen-bond donors (Lipinski definition) is 2. The number of benzene rings is 1. The van der Waals surface area contributed by atoms with Crippen molar-refractivity contribution in [1.29, 1.82) is 0 Å². The standard InChI is InChI=1S/C19H24FN5O2/c20-17-3-1-15(2-4-17)5-6-22-19-23-13-16(14-24-19)18(26)21-7-8-25-9-11-27-12-10-25/h1-4,13-14H,5-12H2,(H,21,26)(H,22,23,24). The topological polar surface area (TPSA) is 79.4 Å². The summed E-state index contributed by atoms with van der Waals surface area (Å²) in [5.41, 5.74) is 1.46. The number of rotatable bonds is 8. The van der Waals surface area contributed by atoms with Crippen LogP contribution in [0.4, 0.5) is 10.3 Å². The lowest BCUT2D eigenvalue weighted by molar-refractivity contribution is 0.0383. The van der Waals surface area contributed by atoms with E-state index in [-0.39, 0.29) is 11.7 Å². The molecule has 1 aromatic carbocycles. The Labute approximate surface area is 158 Å². The average Bonchev–Trinajstić information content (AvgIpc) is 2.71. The maximum absolute atomic E-state index is 12.9. The van der Waals surface area contributed by atoms with E-state index in [1.165, 1.54) is 24.5 Å². The fourth-order valence-electron chi connectivity index (χ4n) is 2.76. The fraction of sp³-hybridized carbons (Fsp3) is 0.421. The molecule has 0 saturated carbocycles. The van der Waals surface area contributed by atoms with E-state index in [0.717, 1.165) is 44.8 Å². The maximum Gasteiger partial charge on any atom is 0.254 e. The predicted molar refractivity (Wildman–Crippen MR) is 100 cm³/mol. The molecule has 3 rings (SSSR count). The van der Waals surface area contributed by atoms with Crippen LogP contribution in [0, 0.1) is 5.82 Å². The zero-order chi connectivity index (χ0) is 18.9. The summed E-state index contributed by atoms with van der Waals surface area (Å²) in [6.07, 6.45) is 3.75. The van der Waals surface area contributed by atoms with E-state index >= 15 is 0 Å². The summed E-state index contributed by atoms with van der Waals surface area (Å²) in [7, 11) is 0. The van der Waals surface area contributed by atoms with E-state index in [1.807, 2.05) is 0 Å². The van der Waals surface area contributed by atoms with E-state index in [1.54, 1.807) is 12.1 Å². The third-order valence-electron chi connectivity index (χ3n) is 4.34. The van der Waals surface area contributed by atoms with Crippen molar-refractivity contribution >= 4 is 11.9 Å². The molecule has 1 fully saturated rings. The molecular weight excluding hydrogens is 349 g/mol. The largest absolute Gasteiger partial charge is 0.379 e. The highest BCUT2D eigenvalue weighted by Gasteiger charge is 2.11. The number of nitrogens with zero attached hydrogens (tertiary/aromatic N) is 3. The van der Waals surface area contributed by atoms with Crippen LogP contribution in [0.15, 0.2) is 36.7 Å².